The zero-order valence-corrected chi connectivity index (χ0v) is 12.4. The summed E-state index contributed by atoms with van der Waals surface area (Å²) < 4.78 is 0. The predicted molar refractivity (Wildman–Crippen MR) is 80.8 cm³/mol. The molecule has 0 unspecified atom stereocenters. The van der Waals surface area contributed by atoms with Crippen LogP contribution in [0.1, 0.15) is 37.8 Å². The van der Waals surface area contributed by atoms with Gasteiger partial charge in [0.1, 0.15) is 5.84 Å². The number of rotatable bonds is 3. The minimum Gasteiger partial charge on any atom is -0.384 e. The fourth-order valence-electron chi connectivity index (χ4n) is 2.76. The molecule has 1 aliphatic rings. The van der Waals surface area contributed by atoms with E-state index in [1.165, 1.54) is 12.8 Å². The van der Waals surface area contributed by atoms with Crippen LogP contribution in [0.2, 0.25) is 5.02 Å². The molecule has 0 radical (unpaired) electrons. The van der Waals surface area contributed by atoms with Crippen LogP contribution >= 0.6 is 11.6 Å². The van der Waals surface area contributed by atoms with E-state index in [2.05, 4.69) is 18.7 Å². The number of hydrogen-bond acceptors (Lipinski definition) is 2. The van der Waals surface area contributed by atoms with E-state index in [9.17, 15) is 0 Å². The van der Waals surface area contributed by atoms with Gasteiger partial charge in [-0.05, 0) is 36.4 Å². The van der Waals surface area contributed by atoms with Gasteiger partial charge >= 0.3 is 0 Å². The number of likely N-dealkylation sites (tertiary alicyclic amines) is 1. The van der Waals surface area contributed by atoms with E-state index in [1.54, 1.807) is 6.07 Å². The molecule has 0 aromatic heterocycles. The van der Waals surface area contributed by atoms with Crippen LogP contribution in [0, 0.1) is 10.8 Å². The zero-order valence-electron chi connectivity index (χ0n) is 11.7. The molecular weight excluding hydrogens is 258 g/mol. The van der Waals surface area contributed by atoms with Gasteiger partial charge in [-0.15, -0.1) is 0 Å². The summed E-state index contributed by atoms with van der Waals surface area (Å²) in [7, 11) is 0. The number of nitrogens with two attached hydrogens (primary N) is 1. The summed E-state index contributed by atoms with van der Waals surface area (Å²) in [6.07, 6.45) is 2.54. The van der Waals surface area contributed by atoms with Gasteiger partial charge in [0.25, 0.3) is 0 Å². The van der Waals surface area contributed by atoms with Gasteiger partial charge in [-0.2, -0.15) is 0 Å². The number of benzene rings is 1. The van der Waals surface area contributed by atoms with Crippen molar-refractivity contribution in [3.05, 3.63) is 34.3 Å². The standard InChI is InChI=1S/C15H22ClN3/c1-15(2)6-3-7-19(10-15)9-12-5-4-11(14(17)18)8-13(12)16/h4-5,8H,3,6-7,9-10H2,1-2H3,(H3,17,18). The lowest BCUT2D eigenvalue weighted by Gasteiger charge is -2.38. The Hall–Kier alpha value is -1.06. The Morgan fingerprint density at radius 3 is 2.79 bits per heavy atom. The summed E-state index contributed by atoms with van der Waals surface area (Å²) >= 11 is 6.28. The molecule has 0 saturated carbocycles. The van der Waals surface area contributed by atoms with Crippen molar-refractivity contribution in [3.63, 3.8) is 0 Å². The lowest BCUT2D eigenvalue weighted by atomic mass is 9.84. The molecule has 0 atom stereocenters. The summed E-state index contributed by atoms with van der Waals surface area (Å²) in [5, 5.41) is 8.12. The first kappa shape index (κ1) is 14.4. The van der Waals surface area contributed by atoms with Crippen molar-refractivity contribution in [1.82, 2.24) is 4.90 Å². The minimum atomic E-state index is 0.0626. The molecule has 4 heteroatoms. The van der Waals surface area contributed by atoms with E-state index in [0.717, 1.165) is 25.2 Å². The molecule has 0 amide bonds. The summed E-state index contributed by atoms with van der Waals surface area (Å²) in [6.45, 7) is 7.76. The van der Waals surface area contributed by atoms with Gasteiger partial charge in [0.15, 0.2) is 0 Å². The Morgan fingerprint density at radius 1 is 1.47 bits per heavy atom. The maximum atomic E-state index is 7.42. The fraction of sp³-hybridized carbons (Fsp3) is 0.533. The maximum absolute atomic E-state index is 7.42. The quantitative estimate of drug-likeness (QED) is 0.659. The monoisotopic (exact) mass is 279 g/mol. The van der Waals surface area contributed by atoms with Crippen LogP contribution in [0.5, 0.6) is 0 Å². The molecule has 1 heterocycles. The van der Waals surface area contributed by atoms with Gasteiger partial charge in [0.05, 0.1) is 0 Å². The fourth-order valence-corrected chi connectivity index (χ4v) is 3.00. The smallest absolute Gasteiger partial charge is 0.122 e. The molecule has 1 aromatic carbocycles. The van der Waals surface area contributed by atoms with E-state index in [-0.39, 0.29) is 5.84 Å². The highest BCUT2D eigenvalue weighted by Crippen LogP contribution is 2.30. The molecule has 3 N–H and O–H groups in total. The van der Waals surface area contributed by atoms with Crippen molar-refractivity contribution in [2.24, 2.45) is 11.1 Å². The van der Waals surface area contributed by atoms with Crippen LogP contribution in [0.15, 0.2) is 18.2 Å². The first-order valence-electron chi connectivity index (χ1n) is 6.73. The Labute approximate surface area is 120 Å². The average Bonchev–Trinajstić information content (AvgIpc) is 2.30. The molecule has 1 fully saturated rings. The highest BCUT2D eigenvalue weighted by Gasteiger charge is 2.26. The van der Waals surface area contributed by atoms with E-state index in [0.29, 0.717) is 16.0 Å². The average molecular weight is 280 g/mol. The number of hydrogen-bond donors (Lipinski definition) is 2. The van der Waals surface area contributed by atoms with Crippen molar-refractivity contribution in [2.75, 3.05) is 13.1 Å². The minimum absolute atomic E-state index is 0.0626. The largest absolute Gasteiger partial charge is 0.384 e. The molecule has 2 rings (SSSR count). The molecule has 0 bridgehead atoms. The molecule has 0 spiro atoms. The van der Waals surface area contributed by atoms with Crippen LogP contribution in [0.3, 0.4) is 0 Å². The molecule has 1 saturated heterocycles. The first-order valence-corrected chi connectivity index (χ1v) is 7.10. The van der Waals surface area contributed by atoms with Crippen LogP contribution in [-0.4, -0.2) is 23.8 Å². The van der Waals surface area contributed by atoms with E-state index in [4.69, 9.17) is 22.7 Å². The molecule has 104 valence electrons. The third kappa shape index (κ3) is 3.71. The van der Waals surface area contributed by atoms with Gasteiger partial charge in [-0.3, -0.25) is 10.3 Å². The summed E-state index contributed by atoms with van der Waals surface area (Å²) in [4.78, 5) is 2.46. The summed E-state index contributed by atoms with van der Waals surface area (Å²) in [6, 6.07) is 5.65. The van der Waals surface area contributed by atoms with E-state index in [1.807, 2.05) is 12.1 Å². The SMILES string of the molecule is CC1(C)CCCN(Cc2ccc(C(=N)N)cc2Cl)C1. The highest BCUT2D eigenvalue weighted by molar-refractivity contribution is 6.31. The lowest BCUT2D eigenvalue weighted by molar-refractivity contribution is 0.112. The summed E-state index contributed by atoms with van der Waals surface area (Å²) in [5.41, 5.74) is 7.66. The molecule has 1 aromatic rings. The van der Waals surface area contributed by atoms with Crippen LogP contribution in [0.4, 0.5) is 0 Å². The number of nitrogens with zero attached hydrogens (tertiary/aromatic N) is 1. The van der Waals surface area contributed by atoms with Crippen molar-refractivity contribution in [3.8, 4) is 0 Å². The Bertz CT molecular complexity index is 482. The topological polar surface area (TPSA) is 53.1 Å². The number of nitrogens with one attached hydrogen (secondary N) is 1. The summed E-state index contributed by atoms with van der Waals surface area (Å²) in [5.74, 6) is 0.0626. The number of piperidine rings is 1. The second kappa shape index (κ2) is 5.51. The van der Waals surface area contributed by atoms with Gasteiger partial charge in [0, 0.05) is 23.7 Å². The third-order valence-electron chi connectivity index (χ3n) is 3.74. The van der Waals surface area contributed by atoms with Crippen molar-refractivity contribution in [2.45, 2.75) is 33.2 Å². The predicted octanol–water partition coefficient (Wildman–Crippen LogP) is 3.25. The van der Waals surface area contributed by atoms with Gasteiger partial charge in [-0.1, -0.05) is 37.6 Å². The molecule has 19 heavy (non-hydrogen) atoms. The first-order chi connectivity index (χ1) is 8.87. The number of halogens is 1. The lowest BCUT2D eigenvalue weighted by Crippen LogP contribution is -2.39. The van der Waals surface area contributed by atoms with Crippen LogP contribution in [-0.2, 0) is 6.54 Å². The maximum Gasteiger partial charge on any atom is 0.122 e. The molecular formula is C15H22ClN3. The molecule has 3 nitrogen and oxygen atoms in total. The van der Waals surface area contributed by atoms with Crippen molar-refractivity contribution < 1.29 is 0 Å². The Balaban J connectivity index is 2.09. The number of amidine groups is 1. The zero-order chi connectivity index (χ0) is 14.0. The van der Waals surface area contributed by atoms with E-state index >= 15 is 0 Å². The Morgan fingerprint density at radius 2 is 2.21 bits per heavy atom. The van der Waals surface area contributed by atoms with Gasteiger partial charge < -0.3 is 5.73 Å². The van der Waals surface area contributed by atoms with Crippen LogP contribution in [0.25, 0.3) is 0 Å². The van der Waals surface area contributed by atoms with E-state index < -0.39 is 0 Å². The third-order valence-corrected chi connectivity index (χ3v) is 4.09. The van der Waals surface area contributed by atoms with Gasteiger partial charge in [-0.25, -0.2) is 0 Å². The second-order valence-electron chi connectivity index (χ2n) is 6.20. The van der Waals surface area contributed by atoms with Crippen molar-refractivity contribution in [1.29, 1.82) is 5.41 Å². The Kier molecular flexibility index (Phi) is 4.16. The number of nitrogen functional groups attached to an aromatic ring is 1. The van der Waals surface area contributed by atoms with Crippen LogP contribution < -0.4 is 5.73 Å². The molecule has 1 aliphatic heterocycles. The second-order valence-corrected chi connectivity index (χ2v) is 6.61. The highest BCUT2D eigenvalue weighted by atomic mass is 35.5. The molecule has 0 aliphatic carbocycles. The van der Waals surface area contributed by atoms with Gasteiger partial charge in [0.2, 0.25) is 0 Å². The normalized spacial score (nSPS) is 19.3. The van der Waals surface area contributed by atoms with Crippen molar-refractivity contribution >= 4 is 17.4 Å².